The van der Waals surface area contributed by atoms with Crippen LogP contribution in [0.3, 0.4) is 0 Å². The lowest BCUT2D eigenvalue weighted by Crippen LogP contribution is -2.27. The van der Waals surface area contributed by atoms with Crippen LogP contribution < -0.4 is 5.32 Å². The second kappa shape index (κ2) is 6.43. The third-order valence-corrected chi connectivity index (χ3v) is 4.14. The molecular formula is C12H15BrClNO4S. The Hall–Kier alpha value is -0.630. The summed E-state index contributed by atoms with van der Waals surface area (Å²) in [5.74, 6) is -0.331. The predicted octanol–water partition coefficient (Wildman–Crippen LogP) is 3.13. The summed E-state index contributed by atoms with van der Waals surface area (Å²) in [4.78, 5) is 11.6. The third kappa shape index (κ3) is 5.78. The molecular weight excluding hydrogens is 370 g/mol. The molecule has 5 nitrogen and oxygen atoms in total. The van der Waals surface area contributed by atoms with Crippen LogP contribution in [-0.2, 0) is 18.6 Å². The first-order valence-corrected chi connectivity index (χ1v) is 8.77. The van der Waals surface area contributed by atoms with Crippen molar-refractivity contribution in [2.24, 2.45) is 0 Å². The number of anilines is 1. The summed E-state index contributed by atoms with van der Waals surface area (Å²) in [6, 6.07) is 4.09. The van der Waals surface area contributed by atoms with E-state index in [-0.39, 0.29) is 17.4 Å². The molecule has 0 aliphatic carbocycles. The van der Waals surface area contributed by atoms with Gasteiger partial charge in [0, 0.05) is 15.2 Å². The average Bonchev–Trinajstić information content (AvgIpc) is 2.27. The Kier molecular flexibility index (Phi) is 5.60. The number of benzene rings is 1. The molecule has 0 unspecified atom stereocenters. The molecule has 1 aromatic carbocycles. The molecule has 0 aliphatic rings. The first-order valence-electron chi connectivity index (χ1n) is 5.67. The second-order valence-electron chi connectivity index (χ2n) is 5.03. The van der Waals surface area contributed by atoms with E-state index < -0.39 is 14.7 Å². The number of halogens is 2. The van der Waals surface area contributed by atoms with Gasteiger partial charge in [-0.2, -0.15) is 0 Å². The van der Waals surface area contributed by atoms with Gasteiger partial charge in [0.05, 0.1) is 16.2 Å². The highest BCUT2D eigenvalue weighted by Crippen LogP contribution is 2.27. The van der Waals surface area contributed by atoms with E-state index in [1.54, 1.807) is 0 Å². The summed E-state index contributed by atoms with van der Waals surface area (Å²) in [5.41, 5.74) is 0.0297. The zero-order valence-corrected chi connectivity index (χ0v) is 14.4. The predicted molar refractivity (Wildman–Crippen MR) is 81.5 cm³/mol. The van der Waals surface area contributed by atoms with E-state index in [2.05, 4.69) is 21.2 Å². The molecule has 0 atom stereocenters. The lowest BCUT2D eigenvalue weighted by atomic mass is 10.2. The fourth-order valence-electron chi connectivity index (χ4n) is 1.22. The smallest absolute Gasteiger partial charge is 0.261 e. The minimum Gasteiger partial charge on any atom is -0.366 e. The first kappa shape index (κ1) is 17.4. The summed E-state index contributed by atoms with van der Waals surface area (Å²) in [7, 11) is 1.44. The number of hydrogen-bond acceptors (Lipinski definition) is 4. The number of nitrogens with one attached hydrogen (secondary N) is 1. The topological polar surface area (TPSA) is 72.5 Å². The molecule has 1 aromatic rings. The van der Waals surface area contributed by atoms with Crippen LogP contribution >= 0.6 is 26.6 Å². The van der Waals surface area contributed by atoms with Crippen LogP contribution in [-0.4, -0.2) is 26.5 Å². The lowest BCUT2D eigenvalue weighted by Gasteiger charge is -2.19. The number of rotatable bonds is 4. The average molecular weight is 385 g/mol. The Balaban J connectivity index is 2.77. The maximum atomic E-state index is 11.7. The highest BCUT2D eigenvalue weighted by Gasteiger charge is 2.15. The molecule has 1 rings (SSSR count). The first-order chi connectivity index (χ1) is 8.99. The Morgan fingerprint density at radius 2 is 2.00 bits per heavy atom. The standard InChI is InChI=1S/C12H15BrClNO4S/c1-12(2,3)19-7-11(16)15-10-5-4-8(6-9(10)13)20(14,17)18/h4-6H,7H2,1-3H3,(H,15,16). The molecule has 0 bridgehead atoms. The molecule has 1 N–H and O–H groups in total. The molecule has 1 amide bonds. The largest absolute Gasteiger partial charge is 0.366 e. The molecule has 8 heteroatoms. The van der Waals surface area contributed by atoms with E-state index in [1.165, 1.54) is 18.2 Å². The normalized spacial score (nSPS) is 12.2. The molecule has 0 saturated heterocycles. The van der Waals surface area contributed by atoms with Crippen molar-refractivity contribution >= 4 is 47.3 Å². The highest BCUT2D eigenvalue weighted by atomic mass is 79.9. The maximum Gasteiger partial charge on any atom is 0.261 e. The van der Waals surface area contributed by atoms with Crippen molar-refractivity contribution in [3.63, 3.8) is 0 Å². The Morgan fingerprint density at radius 1 is 1.40 bits per heavy atom. The second-order valence-corrected chi connectivity index (χ2v) is 8.45. The van der Waals surface area contributed by atoms with E-state index in [4.69, 9.17) is 15.4 Å². The van der Waals surface area contributed by atoms with E-state index >= 15 is 0 Å². The third-order valence-electron chi connectivity index (χ3n) is 2.13. The molecule has 20 heavy (non-hydrogen) atoms. The number of hydrogen-bond donors (Lipinski definition) is 1. The molecule has 0 fully saturated rings. The molecule has 0 aromatic heterocycles. The number of ether oxygens (including phenoxy) is 1. The minimum atomic E-state index is -3.80. The molecule has 0 aliphatic heterocycles. The van der Waals surface area contributed by atoms with Gasteiger partial charge in [-0.1, -0.05) is 0 Å². The van der Waals surface area contributed by atoms with Crippen molar-refractivity contribution in [3.05, 3.63) is 22.7 Å². The van der Waals surface area contributed by atoms with Gasteiger partial charge in [-0.25, -0.2) is 8.42 Å². The van der Waals surface area contributed by atoms with Crippen molar-refractivity contribution < 1.29 is 17.9 Å². The van der Waals surface area contributed by atoms with Crippen LogP contribution in [0, 0.1) is 0 Å². The van der Waals surface area contributed by atoms with E-state index in [0.717, 1.165) is 0 Å². The van der Waals surface area contributed by atoms with Gasteiger partial charge in [0.2, 0.25) is 5.91 Å². The van der Waals surface area contributed by atoms with E-state index in [1.807, 2.05) is 20.8 Å². The SMILES string of the molecule is CC(C)(C)OCC(=O)Nc1ccc(S(=O)(=O)Cl)cc1Br. The fourth-order valence-corrected chi connectivity index (χ4v) is 2.62. The monoisotopic (exact) mass is 383 g/mol. The quantitative estimate of drug-likeness (QED) is 0.810. The van der Waals surface area contributed by atoms with Gasteiger partial charge >= 0.3 is 0 Å². The minimum absolute atomic E-state index is 0.0463. The number of carbonyl (C=O) groups is 1. The van der Waals surface area contributed by atoms with Crippen molar-refractivity contribution in [1.29, 1.82) is 0 Å². The van der Waals surface area contributed by atoms with Crippen molar-refractivity contribution in [1.82, 2.24) is 0 Å². The van der Waals surface area contributed by atoms with Gasteiger partial charge in [0.25, 0.3) is 9.05 Å². The molecule has 0 radical (unpaired) electrons. The number of amides is 1. The Bertz CT molecular complexity index is 610. The summed E-state index contributed by atoms with van der Waals surface area (Å²) in [6.07, 6.45) is 0. The van der Waals surface area contributed by atoms with Gasteiger partial charge in [-0.3, -0.25) is 4.79 Å². The molecule has 0 saturated carbocycles. The molecule has 0 spiro atoms. The summed E-state index contributed by atoms with van der Waals surface area (Å²) in [6.45, 7) is 5.44. The van der Waals surface area contributed by atoms with Crippen molar-refractivity contribution in [3.8, 4) is 0 Å². The van der Waals surface area contributed by atoms with Crippen LogP contribution in [0.1, 0.15) is 20.8 Å². The molecule has 0 heterocycles. The Labute approximate surface area is 131 Å². The van der Waals surface area contributed by atoms with Gasteiger partial charge in [0.15, 0.2) is 0 Å². The van der Waals surface area contributed by atoms with Crippen LogP contribution in [0.4, 0.5) is 5.69 Å². The van der Waals surface area contributed by atoms with Crippen LogP contribution in [0.15, 0.2) is 27.6 Å². The zero-order valence-electron chi connectivity index (χ0n) is 11.2. The fraction of sp³-hybridized carbons (Fsp3) is 0.417. The van der Waals surface area contributed by atoms with Crippen molar-refractivity contribution in [2.45, 2.75) is 31.3 Å². The Morgan fingerprint density at radius 3 is 2.45 bits per heavy atom. The van der Waals surface area contributed by atoms with Crippen LogP contribution in [0.25, 0.3) is 0 Å². The van der Waals surface area contributed by atoms with Crippen LogP contribution in [0.5, 0.6) is 0 Å². The summed E-state index contributed by atoms with van der Waals surface area (Å²) >= 11 is 3.18. The highest BCUT2D eigenvalue weighted by molar-refractivity contribution is 9.10. The zero-order chi connectivity index (χ0) is 15.6. The van der Waals surface area contributed by atoms with Gasteiger partial charge < -0.3 is 10.1 Å². The summed E-state index contributed by atoms with van der Waals surface area (Å²) < 4.78 is 28.1. The van der Waals surface area contributed by atoms with E-state index in [9.17, 15) is 13.2 Å². The molecule has 112 valence electrons. The van der Waals surface area contributed by atoms with Gasteiger partial charge in [-0.05, 0) is 54.9 Å². The van der Waals surface area contributed by atoms with Crippen molar-refractivity contribution in [2.75, 3.05) is 11.9 Å². The summed E-state index contributed by atoms with van der Waals surface area (Å²) in [5, 5.41) is 2.61. The van der Waals surface area contributed by atoms with Gasteiger partial charge in [0.1, 0.15) is 6.61 Å². The van der Waals surface area contributed by atoms with Crippen LogP contribution in [0.2, 0.25) is 0 Å². The van der Waals surface area contributed by atoms with Gasteiger partial charge in [-0.15, -0.1) is 0 Å². The lowest BCUT2D eigenvalue weighted by molar-refractivity contribution is -0.125. The van der Waals surface area contributed by atoms with E-state index in [0.29, 0.717) is 10.2 Å². The number of carbonyl (C=O) groups excluding carboxylic acids is 1. The maximum absolute atomic E-state index is 11.7.